The molecule has 0 aliphatic carbocycles. The first kappa shape index (κ1) is 14.6. The van der Waals surface area contributed by atoms with E-state index in [9.17, 15) is 4.79 Å². The molecule has 22 heavy (non-hydrogen) atoms. The molecule has 2 aromatic rings. The van der Waals surface area contributed by atoms with Crippen molar-refractivity contribution in [2.45, 2.75) is 25.4 Å². The van der Waals surface area contributed by atoms with Crippen molar-refractivity contribution in [3.63, 3.8) is 0 Å². The number of likely N-dealkylation sites (N-methyl/N-ethyl adjacent to an activating group) is 1. The number of amides is 1. The van der Waals surface area contributed by atoms with E-state index in [0.29, 0.717) is 5.82 Å². The van der Waals surface area contributed by atoms with Crippen molar-refractivity contribution in [2.24, 2.45) is 0 Å². The lowest BCUT2D eigenvalue weighted by Gasteiger charge is -2.24. The molecule has 116 valence electrons. The van der Waals surface area contributed by atoms with Crippen LogP contribution in [0.4, 0.5) is 0 Å². The Labute approximate surface area is 129 Å². The lowest BCUT2D eigenvalue weighted by molar-refractivity contribution is -0.133. The number of hydrogen-bond acceptors (Lipinski definition) is 5. The zero-order valence-corrected chi connectivity index (χ0v) is 12.6. The van der Waals surface area contributed by atoms with Crippen LogP contribution in [-0.2, 0) is 11.3 Å². The highest BCUT2D eigenvalue weighted by Gasteiger charge is 2.28. The number of rotatable bonds is 5. The van der Waals surface area contributed by atoms with E-state index in [4.69, 9.17) is 0 Å². The van der Waals surface area contributed by atoms with E-state index >= 15 is 0 Å². The molecule has 1 saturated heterocycles. The van der Waals surface area contributed by atoms with Gasteiger partial charge in [-0.1, -0.05) is 30.3 Å². The molecule has 1 aliphatic heterocycles. The minimum atomic E-state index is 0.0507. The number of benzene rings is 1. The summed E-state index contributed by atoms with van der Waals surface area (Å²) in [7, 11) is 1.91. The van der Waals surface area contributed by atoms with Crippen LogP contribution in [0, 0.1) is 0 Å². The highest BCUT2D eigenvalue weighted by molar-refractivity contribution is 5.76. The van der Waals surface area contributed by atoms with Crippen LogP contribution in [0.3, 0.4) is 0 Å². The SMILES string of the molecule is CNCC1CCCN1C(=O)Cn1nnc(-c2ccccc2)n1. The molecule has 0 radical (unpaired) electrons. The molecule has 7 heteroatoms. The number of hydrogen-bond donors (Lipinski definition) is 1. The van der Waals surface area contributed by atoms with Crippen LogP contribution >= 0.6 is 0 Å². The summed E-state index contributed by atoms with van der Waals surface area (Å²) in [5, 5.41) is 15.4. The highest BCUT2D eigenvalue weighted by Crippen LogP contribution is 2.17. The molecule has 1 fully saturated rings. The third kappa shape index (κ3) is 3.14. The smallest absolute Gasteiger partial charge is 0.246 e. The summed E-state index contributed by atoms with van der Waals surface area (Å²) in [5.74, 6) is 0.594. The van der Waals surface area contributed by atoms with Crippen molar-refractivity contribution >= 4 is 5.91 Å². The summed E-state index contributed by atoms with van der Waals surface area (Å²) in [4.78, 5) is 15.7. The second kappa shape index (κ2) is 6.65. The monoisotopic (exact) mass is 300 g/mol. The maximum absolute atomic E-state index is 12.4. The van der Waals surface area contributed by atoms with Gasteiger partial charge in [-0.2, -0.15) is 4.80 Å². The van der Waals surface area contributed by atoms with Crippen molar-refractivity contribution in [1.82, 2.24) is 30.4 Å². The van der Waals surface area contributed by atoms with Crippen molar-refractivity contribution in [1.29, 1.82) is 0 Å². The molecule has 1 N–H and O–H groups in total. The Kier molecular flexibility index (Phi) is 4.43. The zero-order valence-electron chi connectivity index (χ0n) is 12.6. The van der Waals surface area contributed by atoms with Crippen LogP contribution < -0.4 is 5.32 Å². The van der Waals surface area contributed by atoms with Gasteiger partial charge in [0.1, 0.15) is 6.54 Å². The second-order valence-corrected chi connectivity index (χ2v) is 5.45. The predicted molar refractivity (Wildman–Crippen MR) is 81.9 cm³/mol. The molecular formula is C15H20N6O. The van der Waals surface area contributed by atoms with Gasteiger partial charge in [0.05, 0.1) is 0 Å². The standard InChI is InChI=1S/C15H20N6O/c1-16-10-13-8-5-9-20(13)14(22)11-21-18-15(17-19-21)12-6-3-2-4-7-12/h2-4,6-7,13,16H,5,8-11H2,1H3. The summed E-state index contributed by atoms with van der Waals surface area (Å²) >= 11 is 0. The average molecular weight is 300 g/mol. The highest BCUT2D eigenvalue weighted by atomic mass is 16.2. The maximum Gasteiger partial charge on any atom is 0.246 e. The largest absolute Gasteiger partial charge is 0.337 e. The molecule has 0 spiro atoms. The Morgan fingerprint density at radius 1 is 1.36 bits per heavy atom. The van der Waals surface area contributed by atoms with Gasteiger partial charge < -0.3 is 10.2 Å². The normalized spacial score (nSPS) is 17.9. The quantitative estimate of drug-likeness (QED) is 0.873. The van der Waals surface area contributed by atoms with Crippen molar-refractivity contribution in [3.8, 4) is 11.4 Å². The molecule has 1 unspecified atom stereocenters. The van der Waals surface area contributed by atoms with E-state index in [0.717, 1.165) is 31.5 Å². The molecule has 2 heterocycles. The van der Waals surface area contributed by atoms with Crippen LogP contribution in [0.2, 0.25) is 0 Å². The summed E-state index contributed by atoms with van der Waals surface area (Å²) in [6, 6.07) is 9.91. The fourth-order valence-corrected chi connectivity index (χ4v) is 2.84. The van der Waals surface area contributed by atoms with Gasteiger partial charge in [0, 0.05) is 24.7 Å². The number of nitrogens with zero attached hydrogens (tertiary/aromatic N) is 5. The average Bonchev–Trinajstić information content (AvgIpc) is 3.18. The van der Waals surface area contributed by atoms with Gasteiger partial charge in [0.25, 0.3) is 0 Å². The first-order valence-corrected chi connectivity index (χ1v) is 7.55. The van der Waals surface area contributed by atoms with E-state index in [1.807, 2.05) is 42.3 Å². The van der Waals surface area contributed by atoms with E-state index in [2.05, 4.69) is 20.7 Å². The lowest BCUT2D eigenvalue weighted by Crippen LogP contribution is -2.42. The number of nitrogens with one attached hydrogen (secondary N) is 1. The van der Waals surface area contributed by atoms with Gasteiger partial charge in [0.2, 0.25) is 11.7 Å². The van der Waals surface area contributed by atoms with Gasteiger partial charge in [-0.05, 0) is 25.1 Å². The van der Waals surface area contributed by atoms with Gasteiger partial charge in [0.15, 0.2) is 0 Å². The van der Waals surface area contributed by atoms with Gasteiger partial charge in [-0.15, -0.1) is 10.2 Å². The predicted octanol–water partition coefficient (Wildman–Crippen LogP) is 0.550. The number of tetrazole rings is 1. The van der Waals surface area contributed by atoms with E-state index in [-0.39, 0.29) is 18.5 Å². The zero-order chi connectivity index (χ0) is 15.4. The Morgan fingerprint density at radius 2 is 2.18 bits per heavy atom. The molecule has 0 saturated carbocycles. The van der Waals surface area contributed by atoms with Crippen molar-refractivity contribution < 1.29 is 4.79 Å². The van der Waals surface area contributed by atoms with Crippen molar-refractivity contribution in [2.75, 3.05) is 20.1 Å². The number of carbonyl (C=O) groups excluding carboxylic acids is 1. The third-order valence-electron chi connectivity index (χ3n) is 3.90. The Balaban J connectivity index is 1.66. The summed E-state index contributed by atoms with van der Waals surface area (Å²) in [6.07, 6.45) is 2.10. The maximum atomic E-state index is 12.4. The molecule has 7 nitrogen and oxygen atoms in total. The topological polar surface area (TPSA) is 75.9 Å². The lowest BCUT2D eigenvalue weighted by atomic mass is 10.2. The molecule has 3 rings (SSSR count). The Morgan fingerprint density at radius 3 is 2.95 bits per heavy atom. The minimum absolute atomic E-state index is 0.0507. The molecule has 1 aromatic heterocycles. The third-order valence-corrected chi connectivity index (χ3v) is 3.90. The van der Waals surface area contributed by atoms with E-state index in [1.54, 1.807) is 0 Å². The summed E-state index contributed by atoms with van der Waals surface area (Å²) < 4.78 is 0. The second-order valence-electron chi connectivity index (χ2n) is 5.45. The fraction of sp³-hybridized carbons (Fsp3) is 0.467. The minimum Gasteiger partial charge on any atom is -0.337 e. The number of likely N-dealkylation sites (tertiary alicyclic amines) is 1. The van der Waals surface area contributed by atoms with Gasteiger partial charge in [-0.3, -0.25) is 4.79 Å². The first-order valence-electron chi connectivity index (χ1n) is 7.55. The Hall–Kier alpha value is -2.28. The molecular weight excluding hydrogens is 280 g/mol. The molecule has 0 bridgehead atoms. The molecule has 1 amide bonds. The van der Waals surface area contributed by atoms with E-state index in [1.165, 1.54) is 4.80 Å². The summed E-state index contributed by atoms with van der Waals surface area (Å²) in [5.41, 5.74) is 0.899. The van der Waals surface area contributed by atoms with Crippen molar-refractivity contribution in [3.05, 3.63) is 30.3 Å². The molecule has 1 aromatic carbocycles. The summed E-state index contributed by atoms with van der Waals surface area (Å²) in [6.45, 7) is 1.78. The molecule has 1 aliphatic rings. The van der Waals surface area contributed by atoms with Crippen LogP contribution in [0.15, 0.2) is 30.3 Å². The Bertz CT molecular complexity index is 626. The van der Waals surface area contributed by atoms with Crippen LogP contribution in [0.5, 0.6) is 0 Å². The van der Waals surface area contributed by atoms with Gasteiger partial charge >= 0.3 is 0 Å². The number of carbonyl (C=O) groups is 1. The first-order chi connectivity index (χ1) is 10.8. The van der Waals surface area contributed by atoms with Gasteiger partial charge in [-0.25, -0.2) is 0 Å². The molecule has 1 atom stereocenters. The number of aromatic nitrogens is 4. The van der Waals surface area contributed by atoms with E-state index < -0.39 is 0 Å². The van der Waals surface area contributed by atoms with Crippen LogP contribution in [0.1, 0.15) is 12.8 Å². The fourth-order valence-electron chi connectivity index (χ4n) is 2.84. The van der Waals surface area contributed by atoms with Crippen LogP contribution in [-0.4, -0.2) is 57.2 Å². The van der Waals surface area contributed by atoms with Crippen LogP contribution in [0.25, 0.3) is 11.4 Å².